The van der Waals surface area contributed by atoms with Gasteiger partial charge < -0.3 is 10.3 Å². The van der Waals surface area contributed by atoms with E-state index in [0.717, 1.165) is 19.3 Å². The van der Waals surface area contributed by atoms with Gasteiger partial charge in [0.1, 0.15) is 0 Å². The van der Waals surface area contributed by atoms with Crippen molar-refractivity contribution in [3.8, 4) is 0 Å². The second kappa shape index (κ2) is 4.97. The van der Waals surface area contributed by atoms with Crippen molar-refractivity contribution in [2.24, 2.45) is 5.41 Å². The number of aromatic amines is 1. The molecule has 3 rings (SSSR count). The SMILES string of the molecule is CC1(C)CC1NC(=O)CCCc1c[nH]c2ccccc12. The van der Waals surface area contributed by atoms with Crippen LogP contribution in [0.2, 0.25) is 0 Å². The zero-order valence-electron chi connectivity index (χ0n) is 12.2. The molecule has 0 aliphatic heterocycles. The number of aromatic nitrogens is 1. The van der Waals surface area contributed by atoms with Crippen LogP contribution in [0.4, 0.5) is 0 Å². The second-order valence-electron chi connectivity index (χ2n) is 6.53. The minimum absolute atomic E-state index is 0.195. The first-order valence-electron chi connectivity index (χ1n) is 7.41. The summed E-state index contributed by atoms with van der Waals surface area (Å²) in [5.74, 6) is 0.195. The molecule has 106 valence electrons. The van der Waals surface area contributed by atoms with Gasteiger partial charge in [0.05, 0.1) is 0 Å². The number of hydrogen-bond donors (Lipinski definition) is 2. The lowest BCUT2D eigenvalue weighted by Crippen LogP contribution is -2.28. The second-order valence-corrected chi connectivity index (χ2v) is 6.53. The first kappa shape index (κ1) is 13.2. The van der Waals surface area contributed by atoms with Crippen molar-refractivity contribution < 1.29 is 4.79 Å². The topological polar surface area (TPSA) is 44.9 Å². The minimum Gasteiger partial charge on any atom is -0.361 e. The summed E-state index contributed by atoms with van der Waals surface area (Å²) >= 11 is 0. The van der Waals surface area contributed by atoms with Crippen molar-refractivity contribution in [1.29, 1.82) is 0 Å². The molecule has 1 fully saturated rings. The molecule has 1 aliphatic carbocycles. The molecule has 0 saturated heterocycles. The van der Waals surface area contributed by atoms with Crippen molar-refractivity contribution >= 4 is 16.8 Å². The first-order valence-corrected chi connectivity index (χ1v) is 7.41. The quantitative estimate of drug-likeness (QED) is 0.859. The summed E-state index contributed by atoms with van der Waals surface area (Å²) in [4.78, 5) is 15.1. The van der Waals surface area contributed by atoms with Crippen LogP contribution in [-0.2, 0) is 11.2 Å². The van der Waals surface area contributed by atoms with Gasteiger partial charge in [-0.2, -0.15) is 0 Å². The number of amides is 1. The van der Waals surface area contributed by atoms with Crippen molar-refractivity contribution in [2.45, 2.75) is 45.6 Å². The van der Waals surface area contributed by atoms with E-state index in [-0.39, 0.29) is 5.91 Å². The van der Waals surface area contributed by atoms with Gasteiger partial charge in [0, 0.05) is 29.6 Å². The number of aryl methyl sites for hydroxylation is 1. The zero-order chi connectivity index (χ0) is 14.2. The van der Waals surface area contributed by atoms with E-state index < -0.39 is 0 Å². The molecule has 1 aromatic heterocycles. The maximum absolute atomic E-state index is 11.9. The lowest BCUT2D eigenvalue weighted by molar-refractivity contribution is -0.121. The summed E-state index contributed by atoms with van der Waals surface area (Å²) in [5, 5.41) is 4.39. The number of H-pyrrole nitrogens is 1. The lowest BCUT2D eigenvalue weighted by atomic mass is 10.1. The van der Waals surface area contributed by atoms with Crippen molar-refractivity contribution in [2.75, 3.05) is 0 Å². The molecule has 1 atom stereocenters. The van der Waals surface area contributed by atoms with Crippen LogP contribution in [0.15, 0.2) is 30.5 Å². The molecule has 0 radical (unpaired) electrons. The molecular weight excluding hydrogens is 248 g/mol. The first-order chi connectivity index (χ1) is 9.56. The average Bonchev–Trinajstić information content (AvgIpc) is 2.85. The van der Waals surface area contributed by atoms with E-state index in [1.54, 1.807) is 0 Å². The van der Waals surface area contributed by atoms with Gasteiger partial charge in [-0.1, -0.05) is 32.0 Å². The summed E-state index contributed by atoms with van der Waals surface area (Å²) in [7, 11) is 0. The Labute approximate surface area is 119 Å². The fourth-order valence-electron chi connectivity index (χ4n) is 2.76. The number of hydrogen-bond acceptors (Lipinski definition) is 1. The van der Waals surface area contributed by atoms with E-state index >= 15 is 0 Å². The Morgan fingerprint density at radius 2 is 2.15 bits per heavy atom. The standard InChI is InChI=1S/C17H22N2O/c1-17(2)10-15(17)19-16(20)9-5-6-12-11-18-14-8-4-3-7-13(12)14/h3-4,7-8,11,15,18H,5-6,9-10H2,1-2H3,(H,19,20). The smallest absolute Gasteiger partial charge is 0.220 e. The summed E-state index contributed by atoms with van der Waals surface area (Å²) in [6.07, 6.45) is 5.65. The van der Waals surface area contributed by atoms with Crippen molar-refractivity contribution in [3.63, 3.8) is 0 Å². The maximum atomic E-state index is 11.9. The molecule has 0 spiro atoms. The Morgan fingerprint density at radius 1 is 1.40 bits per heavy atom. The highest BCUT2D eigenvalue weighted by atomic mass is 16.1. The molecule has 1 aromatic carbocycles. The molecule has 0 bridgehead atoms. The monoisotopic (exact) mass is 270 g/mol. The predicted octanol–water partition coefficient (Wildman–Crippen LogP) is 3.41. The Hall–Kier alpha value is -1.77. The zero-order valence-corrected chi connectivity index (χ0v) is 12.2. The summed E-state index contributed by atoms with van der Waals surface area (Å²) < 4.78 is 0. The Morgan fingerprint density at radius 3 is 2.90 bits per heavy atom. The third kappa shape index (κ3) is 2.72. The van der Waals surface area contributed by atoms with Gasteiger partial charge >= 0.3 is 0 Å². The number of para-hydroxylation sites is 1. The number of fused-ring (bicyclic) bond motifs is 1. The highest BCUT2D eigenvalue weighted by Gasteiger charge is 2.46. The largest absolute Gasteiger partial charge is 0.361 e. The third-order valence-corrected chi connectivity index (χ3v) is 4.37. The highest BCUT2D eigenvalue weighted by molar-refractivity contribution is 5.83. The summed E-state index contributed by atoms with van der Waals surface area (Å²) in [5.41, 5.74) is 2.79. The van der Waals surface area contributed by atoms with Crippen LogP contribution in [0.3, 0.4) is 0 Å². The normalized spacial score (nSPS) is 20.0. The number of rotatable bonds is 5. The van der Waals surface area contributed by atoms with Crippen LogP contribution in [0.25, 0.3) is 10.9 Å². The molecule has 1 aliphatic rings. The Balaban J connectivity index is 1.49. The molecule has 2 aromatic rings. The maximum Gasteiger partial charge on any atom is 0.220 e. The summed E-state index contributed by atoms with van der Waals surface area (Å²) in [6.45, 7) is 4.40. The van der Waals surface area contributed by atoms with Crippen LogP contribution in [0.5, 0.6) is 0 Å². The average molecular weight is 270 g/mol. The molecule has 20 heavy (non-hydrogen) atoms. The van der Waals surface area contributed by atoms with E-state index in [4.69, 9.17) is 0 Å². The van der Waals surface area contributed by atoms with Gasteiger partial charge in [-0.25, -0.2) is 0 Å². The van der Waals surface area contributed by atoms with Gasteiger partial charge in [0.15, 0.2) is 0 Å². The molecule has 3 heteroatoms. The molecule has 1 amide bonds. The van der Waals surface area contributed by atoms with Gasteiger partial charge in [0.25, 0.3) is 0 Å². The third-order valence-electron chi connectivity index (χ3n) is 4.37. The fraction of sp³-hybridized carbons (Fsp3) is 0.471. The predicted molar refractivity (Wildman–Crippen MR) is 81.6 cm³/mol. The minimum atomic E-state index is 0.195. The fourth-order valence-corrected chi connectivity index (χ4v) is 2.76. The van der Waals surface area contributed by atoms with Crippen LogP contribution in [0, 0.1) is 5.41 Å². The van der Waals surface area contributed by atoms with E-state index in [2.05, 4.69) is 48.5 Å². The van der Waals surface area contributed by atoms with E-state index in [9.17, 15) is 4.79 Å². The van der Waals surface area contributed by atoms with Crippen molar-refractivity contribution in [3.05, 3.63) is 36.0 Å². The van der Waals surface area contributed by atoms with E-state index in [1.807, 2.05) is 6.07 Å². The molecule has 1 unspecified atom stereocenters. The van der Waals surface area contributed by atoms with E-state index in [0.29, 0.717) is 17.9 Å². The van der Waals surface area contributed by atoms with Crippen LogP contribution in [0.1, 0.15) is 38.7 Å². The Bertz CT molecular complexity index is 627. The number of carbonyl (C=O) groups excluding carboxylic acids is 1. The van der Waals surface area contributed by atoms with Gasteiger partial charge in [-0.05, 0) is 36.3 Å². The summed E-state index contributed by atoms with van der Waals surface area (Å²) in [6, 6.07) is 8.70. The molecule has 1 heterocycles. The number of benzene rings is 1. The van der Waals surface area contributed by atoms with Gasteiger partial charge in [0.2, 0.25) is 5.91 Å². The molecule has 3 nitrogen and oxygen atoms in total. The Kier molecular flexibility index (Phi) is 3.28. The van der Waals surface area contributed by atoms with Crippen LogP contribution >= 0.6 is 0 Å². The number of nitrogens with one attached hydrogen (secondary N) is 2. The van der Waals surface area contributed by atoms with Crippen LogP contribution in [-0.4, -0.2) is 16.9 Å². The van der Waals surface area contributed by atoms with Crippen molar-refractivity contribution in [1.82, 2.24) is 10.3 Å². The highest BCUT2D eigenvalue weighted by Crippen LogP contribution is 2.44. The van der Waals surface area contributed by atoms with E-state index in [1.165, 1.54) is 16.5 Å². The number of carbonyl (C=O) groups is 1. The lowest BCUT2D eigenvalue weighted by Gasteiger charge is -2.06. The molecule has 2 N–H and O–H groups in total. The van der Waals surface area contributed by atoms with Gasteiger partial charge in [-0.15, -0.1) is 0 Å². The molecular formula is C17H22N2O. The van der Waals surface area contributed by atoms with Crippen LogP contribution < -0.4 is 5.32 Å². The molecule has 1 saturated carbocycles. The van der Waals surface area contributed by atoms with Gasteiger partial charge in [-0.3, -0.25) is 4.79 Å².